The van der Waals surface area contributed by atoms with Gasteiger partial charge in [0.05, 0.1) is 17.8 Å². The summed E-state index contributed by atoms with van der Waals surface area (Å²) in [6.07, 6.45) is 6.94. The summed E-state index contributed by atoms with van der Waals surface area (Å²) < 4.78 is 35.2. The Morgan fingerprint density at radius 3 is 2.75 bits per heavy atom. The van der Waals surface area contributed by atoms with E-state index in [-0.39, 0.29) is 12.0 Å². The zero-order valence-electron chi connectivity index (χ0n) is 20.4. The van der Waals surface area contributed by atoms with Crippen LogP contribution in [0.5, 0.6) is 0 Å². The topological polar surface area (TPSA) is 111 Å². The first-order valence-electron chi connectivity index (χ1n) is 12.2. The summed E-state index contributed by atoms with van der Waals surface area (Å²) >= 11 is 0. The minimum atomic E-state index is -3.39. The SMILES string of the molecule is CCCS(=O)(=O)Nc1ccc(C)c(Nc2ccccc2-c2ncnc3c2ncn3C2CCCCO2)c1. The van der Waals surface area contributed by atoms with Gasteiger partial charge < -0.3 is 10.1 Å². The molecule has 1 atom stereocenters. The monoisotopic (exact) mass is 506 g/mol. The number of anilines is 3. The molecule has 0 radical (unpaired) electrons. The van der Waals surface area contributed by atoms with Crippen LogP contribution < -0.4 is 10.0 Å². The summed E-state index contributed by atoms with van der Waals surface area (Å²) in [6, 6.07) is 13.3. The molecule has 2 aromatic carbocycles. The van der Waals surface area contributed by atoms with E-state index < -0.39 is 10.0 Å². The van der Waals surface area contributed by atoms with Gasteiger partial charge in [-0.3, -0.25) is 9.29 Å². The predicted octanol–water partition coefficient (Wildman–Crippen LogP) is 5.40. The lowest BCUT2D eigenvalue weighted by Crippen LogP contribution is -2.17. The number of nitrogens with one attached hydrogen (secondary N) is 2. The maximum atomic E-state index is 12.3. The van der Waals surface area contributed by atoms with E-state index >= 15 is 0 Å². The van der Waals surface area contributed by atoms with Crippen molar-refractivity contribution in [3.63, 3.8) is 0 Å². The highest BCUT2D eigenvalue weighted by Crippen LogP contribution is 2.35. The van der Waals surface area contributed by atoms with Crippen LogP contribution in [0.2, 0.25) is 0 Å². The van der Waals surface area contributed by atoms with Crippen LogP contribution in [0.15, 0.2) is 55.1 Å². The molecular formula is C26H30N6O3S. The van der Waals surface area contributed by atoms with Crippen molar-refractivity contribution in [3.8, 4) is 11.3 Å². The zero-order valence-corrected chi connectivity index (χ0v) is 21.3. The third-order valence-electron chi connectivity index (χ3n) is 6.26. The molecule has 0 aliphatic carbocycles. The van der Waals surface area contributed by atoms with E-state index in [0.29, 0.717) is 17.6 Å². The van der Waals surface area contributed by atoms with Crippen molar-refractivity contribution in [2.45, 2.75) is 45.8 Å². The third-order valence-corrected chi connectivity index (χ3v) is 7.75. The number of ether oxygens (including phenoxy) is 1. The Morgan fingerprint density at radius 1 is 1.08 bits per heavy atom. The van der Waals surface area contributed by atoms with Crippen LogP contribution in [0.3, 0.4) is 0 Å². The number of benzene rings is 2. The second-order valence-electron chi connectivity index (χ2n) is 8.99. The molecule has 9 nitrogen and oxygen atoms in total. The molecule has 188 valence electrons. The number of hydrogen-bond donors (Lipinski definition) is 2. The molecule has 0 amide bonds. The summed E-state index contributed by atoms with van der Waals surface area (Å²) in [5.41, 5.74) is 6.16. The molecule has 0 bridgehead atoms. The standard InChI is InChI=1S/C26H30N6O3S/c1-3-14-36(33,34)31-19-12-11-18(2)22(15-19)30-21-9-5-4-8-20(21)24-25-26(28-16-27-24)32(17-29-25)23-10-6-7-13-35-23/h4-5,8-9,11-12,15-17,23,30-31H,3,6-7,10,13-14H2,1-2H3. The Hall–Kier alpha value is -3.50. The normalized spacial score (nSPS) is 16.2. The molecule has 36 heavy (non-hydrogen) atoms. The second-order valence-corrected chi connectivity index (χ2v) is 10.8. The van der Waals surface area contributed by atoms with Gasteiger partial charge in [0.2, 0.25) is 10.0 Å². The van der Waals surface area contributed by atoms with Gasteiger partial charge in [-0.2, -0.15) is 0 Å². The molecule has 1 aliphatic heterocycles. The predicted molar refractivity (Wildman–Crippen MR) is 142 cm³/mol. The fourth-order valence-corrected chi connectivity index (χ4v) is 5.59. The van der Waals surface area contributed by atoms with Crippen molar-refractivity contribution in [3.05, 3.63) is 60.7 Å². The summed E-state index contributed by atoms with van der Waals surface area (Å²) in [5.74, 6) is 0.0781. The van der Waals surface area contributed by atoms with E-state index in [0.717, 1.165) is 59.7 Å². The largest absolute Gasteiger partial charge is 0.358 e. The van der Waals surface area contributed by atoms with E-state index in [4.69, 9.17) is 4.74 Å². The lowest BCUT2D eigenvalue weighted by Gasteiger charge is -2.23. The van der Waals surface area contributed by atoms with E-state index in [1.165, 1.54) is 0 Å². The van der Waals surface area contributed by atoms with Crippen molar-refractivity contribution in [2.24, 2.45) is 0 Å². The average Bonchev–Trinajstić information content (AvgIpc) is 3.31. The Morgan fingerprint density at radius 2 is 1.94 bits per heavy atom. The smallest absolute Gasteiger partial charge is 0.232 e. The first-order chi connectivity index (χ1) is 17.4. The van der Waals surface area contributed by atoms with Crippen molar-refractivity contribution < 1.29 is 13.2 Å². The van der Waals surface area contributed by atoms with Gasteiger partial charge >= 0.3 is 0 Å². The van der Waals surface area contributed by atoms with E-state index in [1.54, 1.807) is 18.7 Å². The molecule has 3 heterocycles. The third kappa shape index (κ3) is 5.05. The Labute approximate surface area is 211 Å². The van der Waals surface area contributed by atoms with Crippen LogP contribution in [0.1, 0.15) is 44.4 Å². The van der Waals surface area contributed by atoms with Crippen LogP contribution in [0, 0.1) is 6.92 Å². The molecule has 2 N–H and O–H groups in total. The Kier molecular flexibility index (Phi) is 6.88. The fraction of sp³-hybridized carbons (Fsp3) is 0.346. The molecule has 2 aromatic heterocycles. The number of sulfonamides is 1. The van der Waals surface area contributed by atoms with Crippen molar-refractivity contribution >= 4 is 38.2 Å². The fourth-order valence-electron chi connectivity index (χ4n) is 4.47. The van der Waals surface area contributed by atoms with E-state index in [1.807, 2.05) is 54.8 Å². The van der Waals surface area contributed by atoms with Crippen molar-refractivity contribution in [1.82, 2.24) is 19.5 Å². The molecule has 0 spiro atoms. The molecule has 0 saturated carbocycles. The lowest BCUT2D eigenvalue weighted by atomic mass is 10.1. The van der Waals surface area contributed by atoms with Gasteiger partial charge in [0.15, 0.2) is 5.65 Å². The minimum Gasteiger partial charge on any atom is -0.358 e. The number of nitrogens with zero attached hydrogens (tertiary/aromatic N) is 4. The maximum absolute atomic E-state index is 12.3. The van der Waals surface area contributed by atoms with Gasteiger partial charge in [-0.05, 0) is 56.4 Å². The number of fused-ring (bicyclic) bond motifs is 1. The first kappa shape index (κ1) is 24.2. The van der Waals surface area contributed by atoms with Crippen molar-refractivity contribution in [2.75, 3.05) is 22.4 Å². The van der Waals surface area contributed by atoms with E-state index in [2.05, 4.69) is 25.0 Å². The zero-order chi connectivity index (χ0) is 25.1. The van der Waals surface area contributed by atoms with Crippen molar-refractivity contribution in [1.29, 1.82) is 0 Å². The van der Waals surface area contributed by atoms with Crippen LogP contribution in [-0.2, 0) is 14.8 Å². The lowest BCUT2D eigenvalue weighted by molar-refractivity contribution is -0.0298. The number of hydrogen-bond acceptors (Lipinski definition) is 7. The number of aryl methyl sites for hydroxylation is 1. The Bertz CT molecular complexity index is 1480. The summed E-state index contributed by atoms with van der Waals surface area (Å²) in [5, 5.41) is 3.48. The van der Waals surface area contributed by atoms with Gasteiger partial charge in [-0.25, -0.2) is 23.4 Å². The minimum absolute atomic E-state index is 0.0678. The van der Waals surface area contributed by atoms with Gasteiger partial charge in [0.25, 0.3) is 0 Å². The highest BCUT2D eigenvalue weighted by atomic mass is 32.2. The second kappa shape index (κ2) is 10.2. The Balaban J connectivity index is 1.50. The molecule has 5 rings (SSSR count). The van der Waals surface area contributed by atoms with Gasteiger partial charge in [-0.15, -0.1) is 0 Å². The molecule has 1 saturated heterocycles. The van der Waals surface area contributed by atoms with Crippen LogP contribution >= 0.6 is 0 Å². The number of imidazole rings is 1. The molecule has 4 aromatic rings. The molecule has 1 aliphatic rings. The summed E-state index contributed by atoms with van der Waals surface area (Å²) in [7, 11) is -3.39. The van der Waals surface area contributed by atoms with Crippen LogP contribution in [0.25, 0.3) is 22.4 Å². The summed E-state index contributed by atoms with van der Waals surface area (Å²) in [6.45, 7) is 4.56. The first-order valence-corrected chi connectivity index (χ1v) is 13.9. The van der Waals surface area contributed by atoms with Gasteiger partial charge in [0, 0.05) is 23.5 Å². The molecule has 10 heteroatoms. The van der Waals surface area contributed by atoms with Gasteiger partial charge in [-0.1, -0.05) is 31.2 Å². The van der Waals surface area contributed by atoms with Gasteiger partial charge in [0.1, 0.15) is 23.8 Å². The number of aromatic nitrogens is 4. The molecule has 1 fully saturated rings. The maximum Gasteiger partial charge on any atom is 0.232 e. The highest BCUT2D eigenvalue weighted by Gasteiger charge is 2.21. The molecule has 1 unspecified atom stereocenters. The van der Waals surface area contributed by atoms with Crippen LogP contribution in [-0.4, -0.2) is 40.3 Å². The quantitative estimate of drug-likeness (QED) is 0.329. The van der Waals surface area contributed by atoms with Crippen LogP contribution in [0.4, 0.5) is 17.1 Å². The number of rotatable bonds is 8. The highest BCUT2D eigenvalue weighted by molar-refractivity contribution is 7.92. The average molecular weight is 507 g/mol. The summed E-state index contributed by atoms with van der Waals surface area (Å²) in [4.78, 5) is 13.8. The number of para-hydroxylation sites is 1. The van der Waals surface area contributed by atoms with E-state index in [9.17, 15) is 8.42 Å². The molecular weight excluding hydrogens is 476 g/mol.